The van der Waals surface area contributed by atoms with Gasteiger partial charge in [-0.1, -0.05) is 13.3 Å². The number of amides is 1. The molecule has 6 heteroatoms. The normalized spacial score (nSPS) is 15.7. The topological polar surface area (TPSA) is 72.5 Å². The smallest absolute Gasteiger partial charge is 0.241 e. The Labute approximate surface area is 183 Å². The molecule has 162 valence electrons. The minimum Gasteiger partial charge on any atom is -0.493 e. The highest BCUT2D eigenvalue weighted by Gasteiger charge is 2.21. The van der Waals surface area contributed by atoms with Crippen LogP contribution in [-0.4, -0.2) is 30.1 Å². The number of nitrogens with one attached hydrogen (secondary N) is 2. The molecule has 3 aromatic rings. The number of benzene rings is 2. The summed E-state index contributed by atoms with van der Waals surface area (Å²) in [6, 6.07) is 15.1. The Hall–Kier alpha value is -3.12. The van der Waals surface area contributed by atoms with Crippen molar-refractivity contribution in [3.63, 3.8) is 0 Å². The van der Waals surface area contributed by atoms with E-state index >= 15 is 0 Å². The Morgan fingerprint density at radius 1 is 1.16 bits per heavy atom. The van der Waals surface area contributed by atoms with E-state index < -0.39 is 0 Å². The summed E-state index contributed by atoms with van der Waals surface area (Å²) in [6.45, 7) is 5.70. The van der Waals surface area contributed by atoms with Gasteiger partial charge in [-0.05, 0) is 75.2 Å². The molecule has 0 bridgehead atoms. The molecule has 1 fully saturated rings. The molecule has 6 nitrogen and oxygen atoms in total. The number of hydrogen-bond donors (Lipinski definition) is 2. The summed E-state index contributed by atoms with van der Waals surface area (Å²) >= 11 is 0. The van der Waals surface area contributed by atoms with Crippen molar-refractivity contribution in [2.45, 2.75) is 45.6 Å². The average molecular weight is 420 g/mol. The van der Waals surface area contributed by atoms with E-state index in [1.807, 2.05) is 55.5 Å². The first-order chi connectivity index (χ1) is 15.1. The van der Waals surface area contributed by atoms with Crippen LogP contribution in [0.25, 0.3) is 10.9 Å². The molecule has 2 aromatic carbocycles. The van der Waals surface area contributed by atoms with Crippen LogP contribution in [0.15, 0.2) is 48.5 Å². The van der Waals surface area contributed by atoms with E-state index in [1.54, 1.807) is 0 Å². The molecule has 0 saturated carbocycles. The summed E-state index contributed by atoms with van der Waals surface area (Å²) in [6.07, 6.45) is 4.02. The average Bonchev–Trinajstić information content (AvgIpc) is 3.31. The van der Waals surface area contributed by atoms with Gasteiger partial charge in [0.05, 0.1) is 18.2 Å². The number of rotatable bonds is 8. The first-order valence-electron chi connectivity index (χ1n) is 11.0. The summed E-state index contributed by atoms with van der Waals surface area (Å²) in [5.41, 5.74) is 2.58. The Morgan fingerprint density at radius 3 is 2.71 bits per heavy atom. The second kappa shape index (κ2) is 9.79. The molecule has 31 heavy (non-hydrogen) atoms. The molecule has 0 spiro atoms. The fraction of sp³-hybridized carbons (Fsp3) is 0.360. The summed E-state index contributed by atoms with van der Waals surface area (Å²) in [4.78, 5) is 16.8. The second-order valence-electron chi connectivity index (χ2n) is 7.91. The quantitative estimate of drug-likeness (QED) is 0.491. The van der Waals surface area contributed by atoms with E-state index in [9.17, 15) is 4.79 Å². The van der Waals surface area contributed by atoms with Gasteiger partial charge in [0, 0.05) is 22.8 Å². The maximum absolute atomic E-state index is 12.2. The predicted molar refractivity (Wildman–Crippen MR) is 123 cm³/mol. The van der Waals surface area contributed by atoms with Crippen LogP contribution < -0.4 is 20.1 Å². The number of ether oxygens (including phenoxy) is 2. The Morgan fingerprint density at radius 2 is 1.97 bits per heavy atom. The summed E-state index contributed by atoms with van der Waals surface area (Å²) in [5.74, 6) is 2.26. The third kappa shape index (κ3) is 5.33. The van der Waals surface area contributed by atoms with Crippen molar-refractivity contribution in [1.29, 1.82) is 0 Å². The lowest BCUT2D eigenvalue weighted by molar-refractivity contribution is -0.117. The molecular weight excluding hydrogens is 390 g/mol. The second-order valence-corrected chi connectivity index (χ2v) is 7.91. The molecule has 1 saturated heterocycles. The van der Waals surface area contributed by atoms with Crippen LogP contribution >= 0.6 is 0 Å². The molecule has 1 aromatic heterocycles. The molecule has 0 aliphatic carbocycles. The molecule has 1 aliphatic heterocycles. The number of fused-ring (bicyclic) bond motifs is 1. The molecule has 0 unspecified atom stereocenters. The fourth-order valence-electron chi connectivity index (χ4n) is 3.69. The number of hydrogen-bond acceptors (Lipinski definition) is 5. The predicted octanol–water partition coefficient (Wildman–Crippen LogP) is 5.20. The van der Waals surface area contributed by atoms with Gasteiger partial charge in [0.2, 0.25) is 5.91 Å². The van der Waals surface area contributed by atoms with Crippen LogP contribution in [0.5, 0.6) is 17.2 Å². The van der Waals surface area contributed by atoms with Crippen molar-refractivity contribution in [2.75, 3.05) is 18.5 Å². The highest BCUT2D eigenvalue weighted by Crippen LogP contribution is 2.31. The molecule has 2 heterocycles. The monoisotopic (exact) mass is 419 g/mol. The van der Waals surface area contributed by atoms with Crippen LogP contribution in [0.4, 0.5) is 5.69 Å². The number of carbonyl (C=O) groups excluding carboxylic acids is 1. The summed E-state index contributed by atoms with van der Waals surface area (Å²) in [5, 5.41) is 7.10. The van der Waals surface area contributed by atoms with E-state index in [1.165, 1.54) is 0 Å². The van der Waals surface area contributed by atoms with Gasteiger partial charge in [-0.25, -0.2) is 0 Å². The molecule has 0 radical (unpaired) electrons. The van der Waals surface area contributed by atoms with Gasteiger partial charge in [0.15, 0.2) is 0 Å². The van der Waals surface area contributed by atoms with E-state index in [2.05, 4.69) is 22.5 Å². The fourth-order valence-corrected chi connectivity index (χ4v) is 3.69. The highest BCUT2D eigenvalue weighted by atomic mass is 16.5. The van der Waals surface area contributed by atoms with Crippen molar-refractivity contribution in [2.24, 2.45) is 0 Å². The van der Waals surface area contributed by atoms with Gasteiger partial charge in [-0.15, -0.1) is 0 Å². The highest BCUT2D eigenvalue weighted by molar-refractivity contribution is 5.95. The zero-order valence-corrected chi connectivity index (χ0v) is 18.1. The minimum atomic E-state index is -0.0977. The lowest BCUT2D eigenvalue weighted by Crippen LogP contribution is -2.35. The molecule has 1 aliphatic rings. The Balaban J connectivity index is 1.46. The van der Waals surface area contributed by atoms with E-state index in [0.29, 0.717) is 18.1 Å². The first kappa shape index (κ1) is 21.1. The molecular formula is C25H29N3O3. The van der Waals surface area contributed by atoms with Crippen LogP contribution in [0, 0.1) is 6.92 Å². The van der Waals surface area contributed by atoms with E-state index in [-0.39, 0.29) is 11.9 Å². The van der Waals surface area contributed by atoms with Gasteiger partial charge >= 0.3 is 0 Å². The van der Waals surface area contributed by atoms with E-state index in [4.69, 9.17) is 9.47 Å². The van der Waals surface area contributed by atoms with Crippen LogP contribution in [0.1, 0.15) is 38.3 Å². The SMILES string of the molecule is CCCCOc1cc(C)nc2ccc(Oc3ccc(NC(=O)[C@@H]4CCCN4)cc3)cc12. The van der Waals surface area contributed by atoms with Gasteiger partial charge < -0.3 is 20.1 Å². The third-order valence-corrected chi connectivity index (χ3v) is 5.36. The standard InChI is InChI=1S/C25H29N3O3/c1-3-4-14-30-24-15-17(2)27-22-12-11-20(16-21(22)24)31-19-9-7-18(8-10-19)28-25(29)23-6-5-13-26-23/h7-12,15-16,23,26H,3-6,13-14H2,1-2H3,(H,28,29)/t23-/m0/s1. The van der Waals surface area contributed by atoms with E-state index in [0.717, 1.165) is 60.3 Å². The molecule has 2 N–H and O–H groups in total. The maximum atomic E-state index is 12.2. The van der Waals surface area contributed by atoms with Crippen LogP contribution in [-0.2, 0) is 4.79 Å². The van der Waals surface area contributed by atoms with Crippen LogP contribution in [0.2, 0.25) is 0 Å². The van der Waals surface area contributed by atoms with Gasteiger partial charge in [-0.3, -0.25) is 9.78 Å². The number of aryl methyl sites for hydroxylation is 1. The van der Waals surface area contributed by atoms with Gasteiger partial charge in [0.25, 0.3) is 0 Å². The summed E-state index contributed by atoms with van der Waals surface area (Å²) in [7, 11) is 0. The number of unbranched alkanes of at least 4 members (excludes halogenated alkanes) is 1. The Kier molecular flexibility index (Phi) is 6.67. The molecule has 4 rings (SSSR count). The number of carbonyl (C=O) groups is 1. The van der Waals surface area contributed by atoms with Gasteiger partial charge in [-0.2, -0.15) is 0 Å². The van der Waals surface area contributed by atoms with Crippen molar-refractivity contribution >= 4 is 22.5 Å². The first-order valence-corrected chi connectivity index (χ1v) is 11.0. The number of pyridine rings is 1. The van der Waals surface area contributed by atoms with Crippen molar-refractivity contribution in [1.82, 2.24) is 10.3 Å². The van der Waals surface area contributed by atoms with Crippen molar-refractivity contribution in [3.8, 4) is 17.2 Å². The zero-order chi connectivity index (χ0) is 21.6. The van der Waals surface area contributed by atoms with Gasteiger partial charge in [0.1, 0.15) is 17.2 Å². The number of nitrogens with zero attached hydrogens (tertiary/aromatic N) is 1. The Bertz CT molecular complexity index is 1040. The van der Waals surface area contributed by atoms with Crippen LogP contribution in [0.3, 0.4) is 0 Å². The van der Waals surface area contributed by atoms with Crippen molar-refractivity contribution < 1.29 is 14.3 Å². The zero-order valence-electron chi connectivity index (χ0n) is 18.1. The largest absolute Gasteiger partial charge is 0.493 e. The van der Waals surface area contributed by atoms with Crippen molar-refractivity contribution in [3.05, 3.63) is 54.2 Å². The number of anilines is 1. The third-order valence-electron chi connectivity index (χ3n) is 5.36. The molecule has 1 atom stereocenters. The minimum absolute atomic E-state index is 0.0130. The molecule has 1 amide bonds. The summed E-state index contributed by atoms with van der Waals surface area (Å²) < 4.78 is 12.0. The lowest BCUT2D eigenvalue weighted by atomic mass is 10.1. The lowest BCUT2D eigenvalue weighted by Gasteiger charge is -2.13. The maximum Gasteiger partial charge on any atom is 0.241 e. The number of aromatic nitrogens is 1.